The Bertz CT molecular complexity index is 466. The van der Waals surface area contributed by atoms with Crippen molar-refractivity contribution in [3.8, 4) is 0 Å². The third-order valence-corrected chi connectivity index (χ3v) is 7.90. The highest BCUT2D eigenvalue weighted by Crippen LogP contribution is 2.29. The van der Waals surface area contributed by atoms with Crippen LogP contribution in [0, 0.1) is 0 Å². The molecule has 0 radical (unpaired) electrons. The fourth-order valence-corrected chi connectivity index (χ4v) is 4.10. The fourth-order valence-electron chi connectivity index (χ4n) is 1.90. The van der Waals surface area contributed by atoms with E-state index < -0.39 is 19.8 Å². The molecule has 2 nitrogen and oxygen atoms in total. The van der Waals surface area contributed by atoms with Crippen LogP contribution < -0.4 is 5.19 Å². The molecule has 0 N–H and O–H groups in total. The maximum atomic E-state index is 12.5. The number of ether oxygens (including phenoxy) is 1. The number of benzene rings is 1. The number of hydrogen-bond donors (Lipinski definition) is 0. The highest BCUT2D eigenvalue weighted by atomic mass is 28.3. The van der Waals surface area contributed by atoms with Crippen molar-refractivity contribution in [1.29, 1.82) is 0 Å². The zero-order valence-corrected chi connectivity index (χ0v) is 13.0. The maximum absolute atomic E-state index is 12.5. The van der Waals surface area contributed by atoms with Gasteiger partial charge >= 0.3 is 12.1 Å². The van der Waals surface area contributed by atoms with E-state index in [-0.39, 0.29) is 11.5 Å². The molecule has 6 heteroatoms. The molecule has 0 spiro atoms. The van der Waals surface area contributed by atoms with Crippen LogP contribution in [0.5, 0.6) is 0 Å². The molecule has 0 heterocycles. The standard InChI is InChI=1S/C14H19F3O2Si/c1-5-19-13(18)10(2)20(3,4)12-8-6-11(7-9-12)14(15,16)17/h6-10H,5H2,1-4H3/t10-/m1/s1. The van der Waals surface area contributed by atoms with Crippen LogP contribution in [0.2, 0.25) is 18.6 Å². The third-order valence-electron chi connectivity index (χ3n) is 3.68. The van der Waals surface area contributed by atoms with Crippen LogP contribution in [0.25, 0.3) is 0 Å². The van der Waals surface area contributed by atoms with Gasteiger partial charge in [0.05, 0.1) is 25.8 Å². The highest BCUT2D eigenvalue weighted by molar-refractivity contribution is 6.93. The zero-order chi connectivity index (χ0) is 15.6. The molecule has 0 aromatic heterocycles. The number of esters is 1. The van der Waals surface area contributed by atoms with Gasteiger partial charge in [-0.1, -0.05) is 49.5 Å². The van der Waals surface area contributed by atoms with E-state index in [2.05, 4.69) is 0 Å². The van der Waals surface area contributed by atoms with Gasteiger partial charge in [0.15, 0.2) is 0 Å². The van der Waals surface area contributed by atoms with E-state index in [1.165, 1.54) is 12.1 Å². The molecule has 0 aliphatic carbocycles. The molecule has 1 aromatic rings. The highest BCUT2D eigenvalue weighted by Gasteiger charge is 2.37. The molecule has 1 rings (SSSR count). The van der Waals surface area contributed by atoms with Gasteiger partial charge in [0.25, 0.3) is 0 Å². The van der Waals surface area contributed by atoms with Crippen molar-refractivity contribution in [2.75, 3.05) is 6.61 Å². The minimum atomic E-state index is -4.34. The lowest BCUT2D eigenvalue weighted by Gasteiger charge is -2.28. The quantitative estimate of drug-likeness (QED) is 0.628. The molecule has 0 saturated heterocycles. The van der Waals surface area contributed by atoms with E-state index in [1.54, 1.807) is 13.8 Å². The Morgan fingerprint density at radius 3 is 2.15 bits per heavy atom. The second-order valence-electron chi connectivity index (χ2n) is 5.27. The Morgan fingerprint density at radius 1 is 1.25 bits per heavy atom. The summed E-state index contributed by atoms with van der Waals surface area (Å²) in [5.41, 5.74) is -0.978. The Kier molecular flexibility index (Phi) is 5.02. The lowest BCUT2D eigenvalue weighted by molar-refractivity contribution is -0.142. The Hall–Kier alpha value is -1.30. The van der Waals surface area contributed by atoms with Gasteiger partial charge in [-0.2, -0.15) is 13.2 Å². The molecule has 0 amide bonds. The van der Waals surface area contributed by atoms with Gasteiger partial charge in [-0.05, 0) is 6.92 Å². The second-order valence-corrected chi connectivity index (χ2v) is 10.2. The largest absolute Gasteiger partial charge is 0.466 e. The summed E-state index contributed by atoms with van der Waals surface area (Å²) in [6, 6.07) is 5.10. The zero-order valence-electron chi connectivity index (χ0n) is 12.0. The second kappa shape index (κ2) is 5.99. The summed E-state index contributed by atoms with van der Waals surface area (Å²) in [5.74, 6) is -0.288. The van der Waals surface area contributed by atoms with Crippen LogP contribution in [0.15, 0.2) is 24.3 Å². The summed E-state index contributed by atoms with van der Waals surface area (Å²) < 4.78 is 42.6. The number of hydrogen-bond acceptors (Lipinski definition) is 2. The van der Waals surface area contributed by atoms with Crippen LogP contribution >= 0.6 is 0 Å². The van der Waals surface area contributed by atoms with Crippen molar-refractivity contribution in [3.63, 3.8) is 0 Å². The van der Waals surface area contributed by atoms with Gasteiger partial charge in [0.1, 0.15) is 0 Å². The predicted octanol–water partition coefficient (Wildman–Crippen LogP) is 3.57. The molecular formula is C14H19F3O2Si. The first-order valence-electron chi connectivity index (χ1n) is 6.45. The molecule has 20 heavy (non-hydrogen) atoms. The van der Waals surface area contributed by atoms with Crippen LogP contribution in [0.1, 0.15) is 19.4 Å². The molecule has 0 bridgehead atoms. The van der Waals surface area contributed by atoms with Gasteiger partial charge in [-0.15, -0.1) is 0 Å². The third kappa shape index (κ3) is 3.62. The number of rotatable bonds is 4. The van der Waals surface area contributed by atoms with Crippen LogP contribution in [-0.4, -0.2) is 20.7 Å². The smallest absolute Gasteiger partial charge is 0.416 e. The molecule has 1 aromatic carbocycles. The van der Waals surface area contributed by atoms with Gasteiger partial charge in [-0.3, -0.25) is 4.79 Å². The molecule has 112 valence electrons. The molecule has 0 aliphatic heterocycles. The summed E-state index contributed by atoms with van der Waals surface area (Å²) >= 11 is 0. The van der Waals surface area contributed by atoms with E-state index in [0.717, 1.165) is 17.3 Å². The number of carbonyl (C=O) groups excluding carboxylic acids is 1. The predicted molar refractivity (Wildman–Crippen MR) is 74.6 cm³/mol. The first kappa shape index (κ1) is 16.8. The molecule has 0 unspecified atom stereocenters. The molecule has 0 aliphatic rings. The average Bonchev–Trinajstić information content (AvgIpc) is 2.37. The summed E-state index contributed by atoms with van der Waals surface area (Å²) in [7, 11) is -2.21. The van der Waals surface area contributed by atoms with Crippen LogP contribution in [0.3, 0.4) is 0 Å². The van der Waals surface area contributed by atoms with Gasteiger partial charge in [0, 0.05) is 0 Å². The summed E-state index contributed by atoms with van der Waals surface area (Å²) in [6.45, 7) is 7.73. The SMILES string of the molecule is CCOC(=O)[C@@H](C)[Si](C)(C)c1ccc(C(F)(F)F)cc1. The normalized spacial score (nSPS) is 13.9. The minimum Gasteiger partial charge on any atom is -0.466 e. The monoisotopic (exact) mass is 304 g/mol. The number of carbonyl (C=O) groups is 1. The number of halogens is 3. The number of alkyl halides is 3. The van der Waals surface area contributed by atoms with Crippen molar-refractivity contribution >= 4 is 19.2 Å². The Labute approximate surface area is 118 Å². The van der Waals surface area contributed by atoms with Crippen molar-refractivity contribution in [3.05, 3.63) is 29.8 Å². The maximum Gasteiger partial charge on any atom is 0.416 e. The van der Waals surface area contributed by atoms with Crippen molar-refractivity contribution in [2.24, 2.45) is 0 Å². The van der Waals surface area contributed by atoms with Gasteiger partial charge in [-0.25, -0.2) is 0 Å². The average molecular weight is 304 g/mol. The first-order valence-corrected chi connectivity index (χ1v) is 9.52. The van der Waals surface area contributed by atoms with Crippen LogP contribution in [0.4, 0.5) is 13.2 Å². The van der Waals surface area contributed by atoms with E-state index in [0.29, 0.717) is 6.61 Å². The van der Waals surface area contributed by atoms with E-state index in [4.69, 9.17) is 4.74 Å². The first-order chi connectivity index (χ1) is 9.10. The molecule has 0 saturated carbocycles. The Morgan fingerprint density at radius 2 is 1.75 bits per heavy atom. The summed E-state index contributed by atoms with van der Waals surface area (Å²) in [4.78, 5) is 11.8. The molecule has 1 atom stereocenters. The topological polar surface area (TPSA) is 26.3 Å². The Balaban J connectivity index is 3.01. The summed E-state index contributed by atoms with van der Waals surface area (Å²) in [6.07, 6.45) is -4.34. The van der Waals surface area contributed by atoms with Gasteiger partial charge < -0.3 is 4.74 Å². The summed E-state index contributed by atoms with van der Waals surface area (Å²) in [5, 5.41) is 0.811. The van der Waals surface area contributed by atoms with E-state index >= 15 is 0 Å². The lowest BCUT2D eigenvalue weighted by Crippen LogP contribution is -2.48. The van der Waals surface area contributed by atoms with Gasteiger partial charge in [0.2, 0.25) is 0 Å². The van der Waals surface area contributed by atoms with Crippen molar-refractivity contribution in [1.82, 2.24) is 0 Å². The van der Waals surface area contributed by atoms with E-state index in [1.807, 2.05) is 13.1 Å². The lowest BCUT2D eigenvalue weighted by atomic mass is 10.2. The van der Waals surface area contributed by atoms with Crippen LogP contribution in [-0.2, 0) is 15.7 Å². The van der Waals surface area contributed by atoms with Crippen molar-refractivity contribution in [2.45, 2.75) is 38.7 Å². The fraction of sp³-hybridized carbons (Fsp3) is 0.500. The van der Waals surface area contributed by atoms with E-state index in [9.17, 15) is 18.0 Å². The molecule has 0 fully saturated rings. The molecular weight excluding hydrogens is 285 g/mol. The minimum absolute atomic E-state index is 0.288. The van der Waals surface area contributed by atoms with Crippen molar-refractivity contribution < 1.29 is 22.7 Å².